The molecule has 6 heteroatoms. The topological polar surface area (TPSA) is 67.9 Å². The summed E-state index contributed by atoms with van der Waals surface area (Å²) in [5.41, 5.74) is 1.56. The maximum absolute atomic E-state index is 12.1. The third-order valence-electron chi connectivity index (χ3n) is 3.77. The normalized spacial score (nSPS) is 16.2. The van der Waals surface area contributed by atoms with Crippen molar-refractivity contribution in [3.05, 3.63) is 48.0 Å². The van der Waals surface area contributed by atoms with Crippen molar-refractivity contribution < 1.29 is 19.1 Å². The molecule has 0 aromatic heterocycles. The fourth-order valence-corrected chi connectivity index (χ4v) is 2.36. The number of nitrogens with zero attached hydrogens (tertiary/aromatic N) is 1. The fraction of sp³-hybridized carbons (Fsp3) is 0.444. The zero-order valence-corrected chi connectivity index (χ0v) is 14.0. The molecule has 0 spiro atoms. The largest absolute Gasteiger partial charge is 0.449 e. The number of hydrogen-bond acceptors (Lipinski definition) is 5. The van der Waals surface area contributed by atoms with Gasteiger partial charge in [0.25, 0.3) is 5.91 Å². The lowest BCUT2D eigenvalue weighted by Crippen LogP contribution is -2.36. The van der Waals surface area contributed by atoms with Gasteiger partial charge in [0.15, 0.2) is 6.10 Å². The molecule has 2 rings (SSSR count). The van der Waals surface area contributed by atoms with Crippen molar-refractivity contribution in [2.75, 3.05) is 32.8 Å². The van der Waals surface area contributed by atoms with Gasteiger partial charge in [-0.25, -0.2) is 4.79 Å². The Labute approximate surface area is 142 Å². The molecular weight excluding hydrogens is 308 g/mol. The minimum absolute atomic E-state index is 0.341. The van der Waals surface area contributed by atoms with E-state index < -0.39 is 12.1 Å². The van der Waals surface area contributed by atoms with Crippen LogP contribution >= 0.6 is 0 Å². The predicted octanol–water partition coefficient (Wildman–Crippen LogP) is 1.37. The molecule has 1 N–H and O–H groups in total. The first-order valence-electron chi connectivity index (χ1n) is 8.09. The van der Waals surface area contributed by atoms with Crippen molar-refractivity contribution in [2.24, 2.45) is 0 Å². The van der Waals surface area contributed by atoms with Gasteiger partial charge < -0.3 is 14.8 Å². The summed E-state index contributed by atoms with van der Waals surface area (Å²) in [6.45, 7) is 9.59. The molecule has 1 amide bonds. The molecule has 1 fully saturated rings. The van der Waals surface area contributed by atoms with E-state index in [1.165, 1.54) is 0 Å². The first kappa shape index (κ1) is 18.2. The van der Waals surface area contributed by atoms with Crippen molar-refractivity contribution in [3.63, 3.8) is 0 Å². The van der Waals surface area contributed by atoms with Crippen LogP contribution < -0.4 is 5.32 Å². The van der Waals surface area contributed by atoms with E-state index in [0.29, 0.717) is 12.1 Å². The number of rotatable bonds is 7. The molecule has 0 radical (unpaired) electrons. The van der Waals surface area contributed by atoms with E-state index in [2.05, 4.69) is 16.8 Å². The molecule has 1 saturated heterocycles. The van der Waals surface area contributed by atoms with Crippen LogP contribution in [0.15, 0.2) is 36.9 Å². The van der Waals surface area contributed by atoms with E-state index in [4.69, 9.17) is 9.47 Å². The molecule has 24 heavy (non-hydrogen) atoms. The number of hydrogen-bond donors (Lipinski definition) is 1. The standard InChI is InChI=1S/C18H24N2O4/c1-3-8-19-17(21)14(2)24-18(22)16-6-4-15(5-7-16)13-20-9-11-23-12-10-20/h3-7,14H,1,8-13H2,2H3,(H,19,21)/t14-/m0/s1. The first-order chi connectivity index (χ1) is 11.6. The molecule has 0 saturated carbocycles. The Morgan fingerprint density at radius 2 is 2.00 bits per heavy atom. The second-order valence-electron chi connectivity index (χ2n) is 5.67. The van der Waals surface area contributed by atoms with Gasteiger partial charge >= 0.3 is 5.97 Å². The smallest absolute Gasteiger partial charge is 0.338 e. The molecule has 1 aromatic carbocycles. The first-order valence-corrected chi connectivity index (χ1v) is 8.09. The van der Waals surface area contributed by atoms with E-state index in [1.54, 1.807) is 25.1 Å². The van der Waals surface area contributed by atoms with Crippen LogP contribution in [0.3, 0.4) is 0 Å². The number of amides is 1. The van der Waals surface area contributed by atoms with Crippen molar-refractivity contribution in [1.29, 1.82) is 0 Å². The van der Waals surface area contributed by atoms with Crippen LogP contribution in [-0.2, 0) is 20.8 Å². The van der Waals surface area contributed by atoms with Gasteiger partial charge in [0.05, 0.1) is 18.8 Å². The Kier molecular flexibility index (Phi) is 6.96. The summed E-state index contributed by atoms with van der Waals surface area (Å²) in [6.07, 6.45) is 0.727. The van der Waals surface area contributed by atoms with Crippen LogP contribution in [0.25, 0.3) is 0 Å². The van der Waals surface area contributed by atoms with E-state index >= 15 is 0 Å². The highest BCUT2D eigenvalue weighted by molar-refractivity contribution is 5.92. The zero-order valence-electron chi connectivity index (χ0n) is 14.0. The molecule has 0 aliphatic carbocycles. The summed E-state index contributed by atoms with van der Waals surface area (Å²) in [5, 5.41) is 2.59. The number of carbonyl (C=O) groups is 2. The molecule has 1 atom stereocenters. The molecule has 1 heterocycles. The van der Waals surface area contributed by atoms with Crippen LogP contribution in [0, 0.1) is 0 Å². The van der Waals surface area contributed by atoms with Crippen molar-refractivity contribution in [3.8, 4) is 0 Å². The maximum atomic E-state index is 12.1. The Hall–Kier alpha value is -2.18. The average molecular weight is 332 g/mol. The summed E-state index contributed by atoms with van der Waals surface area (Å²) in [5.74, 6) is -0.846. The van der Waals surface area contributed by atoms with Gasteiger partial charge in [0.1, 0.15) is 0 Å². The Balaban J connectivity index is 1.86. The average Bonchev–Trinajstić information content (AvgIpc) is 2.61. The van der Waals surface area contributed by atoms with Gasteiger partial charge in [-0.1, -0.05) is 18.2 Å². The Morgan fingerprint density at radius 3 is 2.62 bits per heavy atom. The number of benzene rings is 1. The highest BCUT2D eigenvalue weighted by Gasteiger charge is 2.18. The molecule has 130 valence electrons. The minimum Gasteiger partial charge on any atom is -0.449 e. The molecule has 0 unspecified atom stereocenters. The van der Waals surface area contributed by atoms with Crippen LogP contribution in [0.5, 0.6) is 0 Å². The highest BCUT2D eigenvalue weighted by atomic mass is 16.5. The molecule has 1 aromatic rings. The van der Waals surface area contributed by atoms with Gasteiger partial charge in [-0.05, 0) is 24.6 Å². The molecule has 6 nitrogen and oxygen atoms in total. The number of esters is 1. The van der Waals surface area contributed by atoms with Crippen molar-refractivity contribution in [2.45, 2.75) is 19.6 Å². The summed E-state index contributed by atoms with van der Waals surface area (Å²) in [4.78, 5) is 26.1. The minimum atomic E-state index is -0.842. The SMILES string of the molecule is C=CCNC(=O)[C@H](C)OC(=O)c1ccc(CN2CCOCC2)cc1. The summed E-state index contributed by atoms with van der Waals surface area (Å²) in [6, 6.07) is 7.28. The zero-order chi connectivity index (χ0) is 17.4. The van der Waals surface area contributed by atoms with Gasteiger partial charge in [0, 0.05) is 26.2 Å². The summed E-state index contributed by atoms with van der Waals surface area (Å²) in [7, 11) is 0. The van der Waals surface area contributed by atoms with Crippen LogP contribution in [-0.4, -0.2) is 55.7 Å². The third-order valence-corrected chi connectivity index (χ3v) is 3.77. The van der Waals surface area contributed by atoms with E-state index in [1.807, 2.05) is 12.1 Å². The van der Waals surface area contributed by atoms with Gasteiger partial charge in [-0.15, -0.1) is 6.58 Å². The van der Waals surface area contributed by atoms with Crippen LogP contribution in [0.4, 0.5) is 0 Å². The molecule has 1 aliphatic rings. The number of ether oxygens (including phenoxy) is 2. The predicted molar refractivity (Wildman–Crippen MR) is 90.6 cm³/mol. The third kappa shape index (κ3) is 5.47. The second kappa shape index (κ2) is 9.20. The fourth-order valence-electron chi connectivity index (χ4n) is 2.36. The van der Waals surface area contributed by atoms with Gasteiger partial charge in [-0.2, -0.15) is 0 Å². The lowest BCUT2D eigenvalue weighted by atomic mass is 10.1. The van der Waals surface area contributed by atoms with Gasteiger partial charge in [-0.3, -0.25) is 9.69 Å². The Bertz CT molecular complexity index is 565. The van der Waals surface area contributed by atoms with Crippen LogP contribution in [0.2, 0.25) is 0 Å². The number of morpholine rings is 1. The van der Waals surface area contributed by atoms with E-state index in [9.17, 15) is 9.59 Å². The number of nitrogens with one attached hydrogen (secondary N) is 1. The monoisotopic (exact) mass is 332 g/mol. The van der Waals surface area contributed by atoms with Crippen molar-refractivity contribution >= 4 is 11.9 Å². The number of carbonyl (C=O) groups excluding carboxylic acids is 2. The van der Waals surface area contributed by atoms with Crippen LogP contribution in [0.1, 0.15) is 22.8 Å². The quantitative estimate of drug-likeness (QED) is 0.603. The Morgan fingerprint density at radius 1 is 1.33 bits per heavy atom. The highest BCUT2D eigenvalue weighted by Crippen LogP contribution is 2.11. The summed E-state index contributed by atoms with van der Waals surface area (Å²) < 4.78 is 10.5. The van der Waals surface area contributed by atoms with Gasteiger partial charge in [0.2, 0.25) is 0 Å². The summed E-state index contributed by atoms with van der Waals surface area (Å²) >= 11 is 0. The molecule has 0 bridgehead atoms. The maximum Gasteiger partial charge on any atom is 0.338 e. The van der Waals surface area contributed by atoms with E-state index in [-0.39, 0.29) is 5.91 Å². The van der Waals surface area contributed by atoms with E-state index in [0.717, 1.165) is 38.4 Å². The molecular formula is C18H24N2O4. The van der Waals surface area contributed by atoms with Crippen molar-refractivity contribution in [1.82, 2.24) is 10.2 Å². The lowest BCUT2D eigenvalue weighted by Gasteiger charge is -2.26. The second-order valence-corrected chi connectivity index (χ2v) is 5.67. The molecule has 1 aliphatic heterocycles. The lowest BCUT2D eigenvalue weighted by molar-refractivity contribution is -0.128.